The van der Waals surface area contributed by atoms with Crippen LogP contribution in [0.5, 0.6) is 5.75 Å². The molecule has 0 saturated heterocycles. The van der Waals surface area contributed by atoms with Crippen LogP contribution < -0.4 is 5.09 Å². The van der Waals surface area contributed by atoms with Crippen molar-refractivity contribution in [2.24, 2.45) is 0 Å². The normalized spacial score (nSPS) is 16.2. The van der Waals surface area contributed by atoms with Gasteiger partial charge in [-0.15, -0.1) is 0 Å². The molecule has 0 aromatic heterocycles. The third-order valence-electron chi connectivity index (χ3n) is 3.25. The summed E-state index contributed by atoms with van der Waals surface area (Å²) in [5.74, 6) is -4.34. The van der Waals surface area contributed by atoms with Gasteiger partial charge in [-0.05, 0) is 17.7 Å². The molecule has 7 N–H and O–H groups in total. The fourth-order valence-electron chi connectivity index (χ4n) is 2.45. The van der Waals surface area contributed by atoms with E-state index in [1.807, 2.05) is 0 Å². The van der Waals surface area contributed by atoms with E-state index < -0.39 is 49.2 Å². The van der Waals surface area contributed by atoms with Gasteiger partial charge in [-0.1, -0.05) is 12.1 Å². The lowest BCUT2D eigenvalue weighted by atomic mass is 9.90. The van der Waals surface area contributed by atoms with Gasteiger partial charge in [0.25, 0.3) is 0 Å². The highest BCUT2D eigenvalue weighted by atomic mass is 31.2. The van der Waals surface area contributed by atoms with Gasteiger partial charge in [0.1, 0.15) is 11.5 Å². The molecule has 1 aliphatic carbocycles. The minimum absolute atomic E-state index is 0.121. The van der Waals surface area contributed by atoms with Gasteiger partial charge >= 0.3 is 7.75 Å². The molecular formula is C14H16NO8P. The third-order valence-corrected chi connectivity index (χ3v) is 3.81. The van der Waals surface area contributed by atoms with Crippen LogP contribution in [0.1, 0.15) is 12.0 Å². The zero-order valence-electron chi connectivity index (χ0n) is 12.2. The summed E-state index contributed by atoms with van der Waals surface area (Å²) >= 11 is 0. The first kappa shape index (κ1) is 18.2. The predicted octanol–water partition coefficient (Wildman–Crippen LogP) is -0.0333. The summed E-state index contributed by atoms with van der Waals surface area (Å²) in [6.45, 7) is 0. The quantitative estimate of drug-likeness (QED) is 0.283. The Hall–Kier alpha value is -2.16. The van der Waals surface area contributed by atoms with E-state index in [-0.39, 0.29) is 11.3 Å². The number of aromatic hydroxyl groups is 1. The van der Waals surface area contributed by atoms with Crippen LogP contribution in [0.4, 0.5) is 0 Å². The molecule has 9 nitrogen and oxygen atoms in total. The van der Waals surface area contributed by atoms with E-state index in [1.165, 1.54) is 24.3 Å². The monoisotopic (exact) mass is 357 g/mol. The topological polar surface area (TPSA) is 168 Å². The molecule has 0 radical (unpaired) electrons. The molecule has 10 heteroatoms. The Balaban J connectivity index is 2.45. The minimum Gasteiger partial charge on any atom is -0.508 e. The third kappa shape index (κ3) is 4.44. The second-order valence-electron chi connectivity index (χ2n) is 5.35. The van der Waals surface area contributed by atoms with E-state index >= 15 is 0 Å². The van der Waals surface area contributed by atoms with E-state index in [1.54, 1.807) is 5.09 Å². The smallest absolute Gasteiger partial charge is 0.427 e. The number of carbonyl (C=O) groups excluding carboxylic acids is 1. The molecule has 130 valence electrons. The fourth-order valence-corrected chi connectivity index (χ4v) is 2.99. The van der Waals surface area contributed by atoms with Crippen LogP contribution in [-0.4, -0.2) is 41.8 Å². The van der Waals surface area contributed by atoms with Gasteiger partial charge in [0, 0.05) is 18.2 Å². The molecule has 2 rings (SSSR count). The SMILES string of the molecule is O=C1C=C(O)C(C(O)(O)Cc2cccc(O)c2)=C(NP(=O)(O)O)C1. The van der Waals surface area contributed by atoms with Crippen molar-refractivity contribution in [3.05, 3.63) is 52.9 Å². The fraction of sp³-hybridized carbons (Fsp3) is 0.214. The zero-order valence-corrected chi connectivity index (χ0v) is 13.1. The largest absolute Gasteiger partial charge is 0.508 e. The first-order valence-electron chi connectivity index (χ1n) is 6.72. The number of allylic oxidation sites excluding steroid dienone is 2. The summed E-state index contributed by atoms with van der Waals surface area (Å²) in [6, 6.07) is 5.57. The number of carbonyl (C=O) groups is 1. The van der Waals surface area contributed by atoms with Crippen LogP contribution in [0.25, 0.3) is 0 Å². The van der Waals surface area contributed by atoms with E-state index in [0.29, 0.717) is 0 Å². The highest BCUT2D eigenvalue weighted by Crippen LogP contribution is 2.37. The molecule has 0 amide bonds. The number of benzene rings is 1. The van der Waals surface area contributed by atoms with Crippen LogP contribution in [0, 0.1) is 0 Å². The Kier molecular flexibility index (Phi) is 4.84. The van der Waals surface area contributed by atoms with Gasteiger partial charge < -0.3 is 30.2 Å². The van der Waals surface area contributed by atoms with Crippen LogP contribution in [-0.2, 0) is 15.8 Å². The van der Waals surface area contributed by atoms with Crippen molar-refractivity contribution in [2.75, 3.05) is 0 Å². The molecule has 1 aromatic carbocycles. The van der Waals surface area contributed by atoms with Crippen molar-refractivity contribution < 1.29 is 39.6 Å². The Labute approximate surface area is 136 Å². The maximum Gasteiger partial charge on any atom is 0.427 e. The molecule has 0 fully saturated rings. The zero-order chi connectivity index (χ0) is 18.1. The van der Waals surface area contributed by atoms with Gasteiger partial charge in [0.15, 0.2) is 11.6 Å². The van der Waals surface area contributed by atoms with Crippen molar-refractivity contribution in [1.82, 2.24) is 5.09 Å². The number of aliphatic hydroxyl groups is 3. The average Bonchev–Trinajstić information content (AvgIpc) is 2.34. The Morgan fingerprint density at radius 3 is 2.46 bits per heavy atom. The van der Waals surface area contributed by atoms with E-state index in [2.05, 4.69) is 0 Å². The Bertz CT molecular complexity index is 777. The number of hydrogen-bond acceptors (Lipinski definition) is 6. The number of rotatable bonds is 5. The number of aliphatic hydroxyl groups excluding tert-OH is 1. The van der Waals surface area contributed by atoms with Crippen molar-refractivity contribution in [3.63, 3.8) is 0 Å². The lowest BCUT2D eigenvalue weighted by Crippen LogP contribution is -2.38. The van der Waals surface area contributed by atoms with Crippen molar-refractivity contribution in [1.29, 1.82) is 0 Å². The Morgan fingerprint density at radius 1 is 1.21 bits per heavy atom. The number of nitrogens with one attached hydrogen (secondary N) is 1. The standard InChI is InChI=1S/C14H16NO8P/c16-9-3-1-2-8(4-9)7-14(19,20)13-11(15-24(21,22)23)5-10(17)6-12(13)18/h1-4,6,16,18-20H,5,7H2,(H3,15,21,22,23). The first-order valence-corrected chi connectivity index (χ1v) is 8.33. The molecule has 0 saturated carbocycles. The summed E-state index contributed by atoms with van der Waals surface area (Å²) in [5, 5.41) is 41.7. The maximum atomic E-state index is 11.5. The predicted molar refractivity (Wildman–Crippen MR) is 81.5 cm³/mol. The molecule has 1 aromatic rings. The molecule has 0 unspecified atom stereocenters. The number of hydrogen-bond donors (Lipinski definition) is 7. The number of ketones is 1. The van der Waals surface area contributed by atoms with Gasteiger partial charge in [0.2, 0.25) is 0 Å². The summed E-state index contributed by atoms with van der Waals surface area (Å²) in [4.78, 5) is 29.5. The molecule has 0 bridgehead atoms. The molecule has 1 aliphatic rings. The summed E-state index contributed by atoms with van der Waals surface area (Å²) in [7, 11) is -4.85. The van der Waals surface area contributed by atoms with Crippen LogP contribution in [0.15, 0.2) is 47.4 Å². The number of phenols is 1. The highest BCUT2D eigenvalue weighted by Gasteiger charge is 2.38. The van der Waals surface area contributed by atoms with Crippen LogP contribution in [0.2, 0.25) is 0 Å². The van der Waals surface area contributed by atoms with Crippen LogP contribution >= 0.6 is 7.75 Å². The summed E-state index contributed by atoms with van der Waals surface area (Å²) in [6.07, 6.45) is -0.313. The second-order valence-corrected chi connectivity index (χ2v) is 6.66. The summed E-state index contributed by atoms with van der Waals surface area (Å²) in [5.41, 5.74) is -0.819. The van der Waals surface area contributed by atoms with E-state index in [4.69, 9.17) is 9.79 Å². The maximum absolute atomic E-state index is 11.5. The molecule has 0 atom stereocenters. The van der Waals surface area contributed by atoms with Gasteiger partial charge in [0.05, 0.1) is 12.0 Å². The first-order chi connectivity index (χ1) is 11.0. The molecular weight excluding hydrogens is 341 g/mol. The van der Waals surface area contributed by atoms with Crippen molar-refractivity contribution in [2.45, 2.75) is 18.6 Å². The van der Waals surface area contributed by atoms with Crippen LogP contribution in [0.3, 0.4) is 0 Å². The van der Waals surface area contributed by atoms with Gasteiger partial charge in [-0.3, -0.25) is 9.88 Å². The van der Waals surface area contributed by atoms with E-state index in [9.17, 15) is 29.8 Å². The van der Waals surface area contributed by atoms with Crippen molar-refractivity contribution in [3.8, 4) is 5.75 Å². The average molecular weight is 357 g/mol. The lowest BCUT2D eigenvalue weighted by molar-refractivity contribution is -0.129. The second kappa shape index (κ2) is 6.39. The van der Waals surface area contributed by atoms with Gasteiger partial charge in [-0.2, -0.15) is 0 Å². The molecule has 24 heavy (non-hydrogen) atoms. The molecule has 0 aliphatic heterocycles. The molecule has 0 spiro atoms. The number of phenolic OH excluding ortho intramolecular Hbond substituents is 1. The summed E-state index contributed by atoms with van der Waals surface area (Å²) < 4.78 is 11.1. The lowest BCUT2D eigenvalue weighted by Gasteiger charge is -2.29. The van der Waals surface area contributed by atoms with E-state index in [0.717, 1.165) is 6.08 Å². The highest BCUT2D eigenvalue weighted by molar-refractivity contribution is 7.49. The Morgan fingerprint density at radius 2 is 1.88 bits per heavy atom. The van der Waals surface area contributed by atoms with Gasteiger partial charge in [-0.25, -0.2) is 4.57 Å². The minimum atomic E-state index is -4.85. The van der Waals surface area contributed by atoms with Crippen molar-refractivity contribution >= 4 is 13.5 Å². The molecule has 0 heterocycles.